The Morgan fingerprint density at radius 1 is 1.03 bits per heavy atom. The highest BCUT2D eigenvalue weighted by atomic mass is 32.2. The van der Waals surface area contributed by atoms with E-state index in [0.717, 1.165) is 47.6 Å². The molecule has 0 saturated carbocycles. The summed E-state index contributed by atoms with van der Waals surface area (Å²) >= 11 is 1.44. The molecule has 7 heteroatoms. The highest BCUT2D eigenvalue weighted by molar-refractivity contribution is 8.00. The van der Waals surface area contributed by atoms with Crippen LogP contribution in [0.5, 0.6) is 0 Å². The molecule has 2 aromatic rings. The molecule has 1 saturated heterocycles. The number of fused-ring (bicyclic) bond motifs is 1. The first-order valence-corrected chi connectivity index (χ1v) is 11.1. The highest BCUT2D eigenvalue weighted by Crippen LogP contribution is 2.36. The lowest BCUT2D eigenvalue weighted by Crippen LogP contribution is -2.41. The van der Waals surface area contributed by atoms with Crippen molar-refractivity contribution in [3.8, 4) is 0 Å². The lowest BCUT2D eigenvalue weighted by Gasteiger charge is -2.29. The van der Waals surface area contributed by atoms with E-state index in [9.17, 15) is 14.4 Å². The first-order valence-electron chi connectivity index (χ1n) is 10.2. The molecule has 1 N–H and O–H groups in total. The van der Waals surface area contributed by atoms with Gasteiger partial charge < -0.3 is 15.1 Å². The van der Waals surface area contributed by atoms with Crippen molar-refractivity contribution in [1.29, 1.82) is 0 Å². The number of hydrogen-bond donors (Lipinski definition) is 1. The minimum Gasteiger partial charge on any atom is -0.339 e. The summed E-state index contributed by atoms with van der Waals surface area (Å²) in [5.74, 6) is -0.127. The second kappa shape index (κ2) is 8.52. The SMILES string of the molecule is Cc1cc(C)cc(NC(=O)CN2C(=O)CSc3ccc(C(=O)N4CCCC4)cc32)c1. The molecule has 0 aromatic heterocycles. The largest absolute Gasteiger partial charge is 0.339 e. The predicted molar refractivity (Wildman–Crippen MR) is 119 cm³/mol. The Balaban J connectivity index is 1.55. The van der Waals surface area contributed by atoms with E-state index in [1.165, 1.54) is 16.7 Å². The monoisotopic (exact) mass is 423 g/mol. The lowest BCUT2D eigenvalue weighted by molar-refractivity contribution is -0.120. The minimum atomic E-state index is -0.262. The number of anilines is 2. The van der Waals surface area contributed by atoms with Gasteiger partial charge in [-0.2, -0.15) is 0 Å². The Labute approximate surface area is 180 Å². The second-order valence-corrected chi connectivity index (χ2v) is 8.89. The molecule has 0 spiro atoms. The van der Waals surface area contributed by atoms with Gasteiger partial charge in [0.05, 0.1) is 11.4 Å². The molecule has 1 fully saturated rings. The fraction of sp³-hybridized carbons (Fsp3) is 0.348. The number of nitrogens with zero attached hydrogens (tertiary/aromatic N) is 2. The van der Waals surface area contributed by atoms with Crippen molar-refractivity contribution in [1.82, 2.24) is 4.90 Å². The number of amides is 3. The predicted octanol–water partition coefficient (Wildman–Crippen LogP) is 3.62. The smallest absolute Gasteiger partial charge is 0.253 e. The van der Waals surface area contributed by atoms with Gasteiger partial charge >= 0.3 is 0 Å². The van der Waals surface area contributed by atoms with Crippen LogP contribution in [0, 0.1) is 13.8 Å². The summed E-state index contributed by atoms with van der Waals surface area (Å²) < 4.78 is 0. The van der Waals surface area contributed by atoms with Crippen molar-refractivity contribution in [2.75, 3.05) is 35.6 Å². The van der Waals surface area contributed by atoms with Crippen LogP contribution in [0.1, 0.15) is 34.3 Å². The van der Waals surface area contributed by atoms with Crippen molar-refractivity contribution < 1.29 is 14.4 Å². The summed E-state index contributed by atoms with van der Waals surface area (Å²) in [6.07, 6.45) is 2.05. The average Bonchev–Trinajstić information content (AvgIpc) is 3.23. The van der Waals surface area contributed by atoms with Crippen LogP contribution >= 0.6 is 11.8 Å². The number of rotatable bonds is 4. The van der Waals surface area contributed by atoms with E-state index in [1.807, 2.05) is 49.1 Å². The van der Waals surface area contributed by atoms with Crippen LogP contribution in [-0.4, -0.2) is 48.0 Å². The number of nitrogens with one attached hydrogen (secondary N) is 1. The molecule has 156 valence electrons. The van der Waals surface area contributed by atoms with Gasteiger partial charge in [0.25, 0.3) is 5.91 Å². The first kappa shape index (κ1) is 20.5. The molecule has 2 heterocycles. The van der Waals surface area contributed by atoms with E-state index in [-0.39, 0.29) is 30.0 Å². The molecule has 0 atom stereocenters. The molecule has 0 unspecified atom stereocenters. The molecular weight excluding hydrogens is 398 g/mol. The van der Waals surface area contributed by atoms with Crippen LogP contribution in [0.15, 0.2) is 41.3 Å². The molecule has 4 rings (SSSR count). The highest BCUT2D eigenvalue weighted by Gasteiger charge is 2.28. The second-order valence-electron chi connectivity index (χ2n) is 7.87. The van der Waals surface area contributed by atoms with Gasteiger partial charge in [0.1, 0.15) is 6.54 Å². The Hall–Kier alpha value is -2.80. The zero-order chi connectivity index (χ0) is 21.3. The molecule has 0 aliphatic carbocycles. The number of carbonyl (C=O) groups excluding carboxylic acids is 3. The molecule has 0 bridgehead atoms. The molecular formula is C23H25N3O3S. The number of hydrogen-bond acceptors (Lipinski definition) is 4. The summed E-state index contributed by atoms with van der Waals surface area (Å²) in [6.45, 7) is 5.41. The Morgan fingerprint density at radius 2 is 1.73 bits per heavy atom. The van der Waals surface area contributed by atoms with E-state index in [1.54, 1.807) is 6.07 Å². The van der Waals surface area contributed by atoms with Crippen molar-refractivity contribution in [3.05, 3.63) is 53.1 Å². The van der Waals surface area contributed by atoms with E-state index >= 15 is 0 Å². The molecule has 6 nitrogen and oxygen atoms in total. The molecule has 2 aliphatic heterocycles. The van der Waals surface area contributed by atoms with Crippen LogP contribution in [0.4, 0.5) is 11.4 Å². The normalized spacial score (nSPS) is 15.9. The van der Waals surface area contributed by atoms with Crippen molar-refractivity contribution in [2.24, 2.45) is 0 Å². The van der Waals surface area contributed by atoms with Gasteiger partial charge in [0.15, 0.2) is 0 Å². The number of aryl methyl sites for hydroxylation is 2. The topological polar surface area (TPSA) is 69.7 Å². The number of likely N-dealkylation sites (tertiary alicyclic amines) is 1. The molecule has 2 aromatic carbocycles. The number of benzene rings is 2. The quantitative estimate of drug-likeness (QED) is 0.816. The minimum absolute atomic E-state index is 0.0158. The van der Waals surface area contributed by atoms with Gasteiger partial charge in [0.2, 0.25) is 11.8 Å². The lowest BCUT2D eigenvalue weighted by atomic mass is 10.1. The maximum Gasteiger partial charge on any atom is 0.253 e. The summed E-state index contributed by atoms with van der Waals surface area (Å²) in [5.41, 5.74) is 4.04. The standard InChI is InChI=1S/C23H25N3O3S/c1-15-9-16(2)11-18(10-15)24-21(27)13-26-19-12-17(23(29)25-7-3-4-8-25)5-6-20(19)30-14-22(26)28/h5-6,9-12H,3-4,7-8,13-14H2,1-2H3,(H,24,27). The van der Waals surface area contributed by atoms with Gasteiger partial charge in [-0.3, -0.25) is 14.4 Å². The van der Waals surface area contributed by atoms with E-state index in [2.05, 4.69) is 5.32 Å². The third-order valence-corrected chi connectivity index (χ3v) is 6.40. The molecule has 30 heavy (non-hydrogen) atoms. The maximum absolute atomic E-state index is 12.8. The first-order chi connectivity index (χ1) is 14.4. The fourth-order valence-corrected chi connectivity index (χ4v) is 4.92. The third-order valence-electron chi connectivity index (χ3n) is 5.35. The molecule has 0 radical (unpaired) electrons. The van der Waals surface area contributed by atoms with Crippen molar-refractivity contribution in [2.45, 2.75) is 31.6 Å². The third kappa shape index (κ3) is 4.36. The van der Waals surface area contributed by atoms with Gasteiger partial charge in [-0.25, -0.2) is 0 Å². The van der Waals surface area contributed by atoms with E-state index < -0.39 is 0 Å². The van der Waals surface area contributed by atoms with Gasteiger partial charge in [-0.15, -0.1) is 11.8 Å². The van der Waals surface area contributed by atoms with Crippen LogP contribution in [-0.2, 0) is 9.59 Å². The van der Waals surface area contributed by atoms with Crippen LogP contribution in [0.3, 0.4) is 0 Å². The Morgan fingerprint density at radius 3 is 2.43 bits per heavy atom. The van der Waals surface area contributed by atoms with Crippen LogP contribution in [0.2, 0.25) is 0 Å². The zero-order valence-electron chi connectivity index (χ0n) is 17.2. The van der Waals surface area contributed by atoms with Crippen LogP contribution < -0.4 is 10.2 Å². The van der Waals surface area contributed by atoms with Crippen molar-refractivity contribution >= 4 is 40.9 Å². The van der Waals surface area contributed by atoms with Gasteiger partial charge in [-0.1, -0.05) is 6.07 Å². The van der Waals surface area contributed by atoms with Gasteiger partial charge in [0, 0.05) is 29.2 Å². The Bertz CT molecular complexity index is 994. The average molecular weight is 424 g/mol. The summed E-state index contributed by atoms with van der Waals surface area (Å²) in [6, 6.07) is 11.3. The maximum atomic E-state index is 12.8. The molecule has 2 aliphatic rings. The van der Waals surface area contributed by atoms with Crippen molar-refractivity contribution in [3.63, 3.8) is 0 Å². The van der Waals surface area contributed by atoms with Crippen LogP contribution in [0.25, 0.3) is 0 Å². The molecule has 3 amide bonds. The van der Waals surface area contributed by atoms with E-state index in [0.29, 0.717) is 11.3 Å². The summed E-state index contributed by atoms with van der Waals surface area (Å²) in [5, 5.41) is 2.89. The number of thioether (sulfide) groups is 1. The zero-order valence-corrected chi connectivity index (χ0v) is 18.1. The Kier molecular flexibility index (Phi) is 5.81. The summed E-state index contributed by atoms with van der Waals surface area (Å²) in [7, 11) is 0. The van der Waals surface area contributed by atoms with Gasteiger partial charge in [-0.05, 0) is 68.1 Å². The number of carbonyl (C=O) groups is 3. The van der Waals surface area contributed by atoms with E-state index in [4.69, 9.17) is 0 Å². The summed E-state index contributed by atoms with van der Waals surface area (Å²) in [4.78, 5) is 42.3. The fourth-order valence-electron chi connectivity index (χ4n) is 4.00.